The van der Waals surface area contributed by atoms with Crippen molar-refractivity contribution in [2.24, 2.45) is 0 Å². The zero-order valence-corrected chi connectivity index (χ0v) is 16.1. The van der Waals surface area contributed by atoms with Crippen molar-refractivity contribution >= 4 is 23.6 Å². The number of benzene rings is 1. The average Bonchev–Trinajstić information content (AvgIpc) is 3.15. The lowest BCUT2D eigenvalue weighted by Gasteiger charge is -2.13. The number of hydrogen-bond acceptors (Lipinski definition) is 5. The number of unbranched alkanes of at least 4 members (excludes halogenated alkanes) is 1. The molecule has 3 rings (SSSR count). The quantitative estimate of drug-likeness (QED) is 0.497. The van der Waals surface area contributed by atoms with E-state index in [1.54, 1.807) is 24.3 Å². The first-order valence-corrected chi connectivity index (χ1v) is 9.97. The Morgan fingerprint density at radius 3 is 2.27 bits per heavy atom. The maximum atomic E-state index is 12.3. The van der Waals surface area contributed by atoms with Gasteiger partial charge in [0.1, 0.15) is 11.5 Å². The third-order valence-electron chi connectivity index (χ3n) is 4.23. The molecule has 138 valence electrons. The summed E-state index contributed by atoms with van der Waals surface area (Å²) in [5.74, 6) is 3.47. The maximum Gasteiger partial charge on any atom is 0.261 e. The van der Waals surface area contributed by atoms with Crippen LogP contribution in [0.2, 0.25) is 0 Å². The van der Waals surface area contributed by atoms with E-state index in [4.69, 9.17) is 4.42 Å². The van der Waals surface area contributed by atoms with E-state index in [0.717, 1.165) is 42.4 Å². The number of furan rings is 1. The summed E-state index contributed by atoms with van der Waals surface area (Å²) < 4.78 is 5.79. The first-order chi connectivity index (χ1) is 12.6. The molecule has 0 radical (unpaired) electrons. The van der Waals surface area contributed by atoms with Crippen LogP contribution >= 0.6 is 11.8 Å². The lowest BCUT2D eigenvalue weighted by molar-refractivity contribution is 0.0652. The highest BCUT2D eigenvalue weighted by atomic mass is 32.2. The molecule has 2 aromatic rings. The first-order valence-electron chi connectivity index (χ1n) is 8.81. The maximum absolute atomic E-state index is 12.3. The van der Waals surface area contributed by atoms with Gasteiger partial charge in [0, 0.05) is 6.54 Å². The zero-order valence-electron chi connectivity index (χ0n) is 15.2. The molecular formula is C20H24N2O3S. The van der Waals surface area contributed by atoms with Crippen molar-refractivity contribution in [3.8, 4) is 0 Å². The molecule has 6 heteroatoms. The summed E-state index contributed by atoms with van der Waals surface area (Å²) in [6.07, 6.45) is 1.78. The Kier molecular flexibility index (Phi) is 6.16. The highest BCUT2D eigenvalue weighted by molar-refractivity contribution is 7.98. The molecule has 0 bridgehead atoms. The van der Waals surface area contributed by atoms with Gasteiger partial charge in [-0.25, -0.2) is 0 Å². The van der Waals surface area contributed by atoms with Gasteiger partial charge in [-0.2, -0.15) is 11.8 Å². The molecule has 0 atom stereocenters. The van der Waals surface area contributed by atoms with Gasteiger partial charge < -0.3 is 9.32 Å². The highest BCUT2D eigenvalue weighted by Gasteiger charge is 2.34. The minimum absolute atomic E-state index is 0.165. The summed E-state index contributed by atoms with van der Waals surface area (Å²) in [5, 5.41) is 0. The number of hydrogen-bond donors (Lipinski definition) is 0. The summed E-state index contributed by atoms with van der Waals surface area (Å²) in [4.78, 5) is 28.0. The molecule has 0 N–H and O–H groups in total. The molecule has 1 aliphatic heterocycles. The third kappa shape index (κ3) is 4.37. The molecule has 0 spiro atoms. The Labute approximate surface area is 158 Å². The molecule has 0 fully saturated rings. The second-order valence-electron chi connectivity index (χ2n) is 6.67. The number of carbonyl (C=O) groups excluding carboxylic acids is 2. The van der Waals surface area contributed by atoms with Crippen LogP contribution in [0, 0.1) is 0 Å². The van der Waals surface area contributed by atoms with Crippen molar-refractivity contribution in [2.75, 3.05) is 26.4 Å². The molecule has 2 amide bonds. The van der Waals surface area contributed by atoms with Crippen molar-refractivity contribution in [2.45, 2.75) is 25.1 Å². The minimum Gasteiger partial charge on any atom is -0.464 e. The summed E-state index contributed by atoms with van der Waals surface area (Å²) in [5.41, 5.74) is 1.05. The number of amides is 2. The van der Waals surface area contributed by atoms with Crippen LogP contribution in [-0.2, 0) is 12.3 Å². The van der Waals surface area contributed by atoms with E-state index < -0.39 is 0 Å². The second kappa shape index (κ2) is 8.56. The summed E-state index contributed by atoms with van der Waals surface area (Å²) in [6.45, 7) is 1.30. The SMILES string of the molecule is CN(C)Cc1ccc(CSCCCCN2C(=O)c3ccccc3C2=O)o1. The number of thioether (sulfide) groups is 1. The molecule has 1 aromatic heterocycles. The Balaban J connectivity index is 1.36. The molecule has 0 saturated carbocycles. The van der Waals surface area contributed by atoms with Gasteiger partial charge in [0.05, 0.1) is 23.4 Å². The highest BCUT2D eigenvalue weighted by Crippen LogP contribution is 2.23. The van der Waals surface area contributed by atoms with Gasteiger partial charge in [-0.15, -0.1) is 0 Å². The average molecular weight is 372 g/mol. The van der Waals surface area contributed by atoms with Crippen LogP contribution in [0.4, 0.5) is 0 Å². The monoisotopic (exact) mass is 372 g/mol. The molecule has 0 unspecified atom stereocenters. The lowest BCUT2D eigenvalue weighted by atomic mass is 10.1. The Morgan fingerprint density at radius 2 is 1.62 bits per heavy atom. The molecule has 26 heavy (non-hydrogen) atoms. The van der Waals surface area contributed by atoms with Gasteiger partial charge in [-0.3, -0.25) is 14.5 Å². The van der Waals surface area contributed by atoms with Crippen LogP contribution in [0.3, 0.4) is 0 Å². The second-order valence-corrected chi connectivity index (χ2v) is 7.78. The Bertz CT molecular complexity index is 750. The van der Waals surface area contributed by atoms with E-state index in [0.29, 0.717) is 17.7 Å². The molecule has 0 aliphatic carbocycles. The van der Waals surface area contributed by atoms with Crippen LogP contribution in [0.1, 0.15) is 45.1 Å². The molecule has 1 aromatic carbocycles. The van der Waals surface area contributed by atoms with Crippen molar-refractivity contribution < 1.29 is 14.0 Å². The number of nitrogens with zero attached hydrogens (tertiary/aromatic N) is 2. The molecule has 5 nitrogen and oxygen atoms in total. The lowest BCUT2D eigenvalue weighted by Crippen LogP contribution is -2.30. The Morgan fingerprint density at radius 1 is 0.962 bits per heavy atom. The van der Waals surface area contributed by atoms with Crippen molar-refractivity contribution in [1.82, 2.24) is 9.80 Å². The van der Waals surface area contributed by atoms with E-state index in [1.165, 1.54) is 4.90 Å². The van der Waals surface area contributed by atoms with Gasteiger partial charge >= 0.3 is 0 Å². The number of imide groups is 1. The van der Waals surface area contributed by atoms with E-state index in [9.17, 15) is 9.59 Å². The first kappa shape index (κ1) is 18.7. The molecule has 2 heterocycles. The van der Waals surface area contributed by atoms with Gasteiger partial charge in [0.15, 0.2) is 0 Å². The largest absolute Gasteiger partial charge is 0.464 e. The van der Waals surface area contributed by atoms with Gasteiger partial charge in [-0.05, 0) is 57.0 Å². The molecular weight excluding hydrogens is 348 g/mol. The van der Waals surface area contributed by atoms with Crippen molar-refractivity contribution in [3.05, 3.63) is 59.0 Å². The predicted octanol–water partition coefficient (Wildman–Crippen LogP) is 3.65. The van der Waals surface area contributed by atoms with Crippen LogP contribution in [0.15, 0.2) is 40.8 Å². The zero-order chi connectivity index (χ0) is 18.5. The van der Waals surface area contributed by atoms with E-state index in [2.05, 4.69) is 4.90 Å². The van der Waals surface area contributed by atoms with Crippen LogP contribution < -0.4 is 0 Å². The summed E-state index contributed by atoms with van der Waals surface area (Å²) in [6, 6.07) is 11.1. The third-order valence-corrected chi connectivity index (χ3v) is 5.30. The van der Waals surface area contributed by atoms with Crippen molar-refractivity contribution in [1.29, 1.82) is 0 Å². The molecule has 1 aliphatic rings. The fourth-order valence-corrected chi connectivity index (χ4v) is 3.89. The number of fused-ring (bicyclic) bond motifs is 1. The fraction of sp³-hybridized carbons (Fsp3) is 0.400. The van der Waals surface area contributed by atoms with Gasteiger partial charge in [-0.1, -0.05) is 12.1 Å². The van der Waals surface area contributed by atoms with Crippen LogP contribution in [0.5, 0.6) is 0 Å². The van der Waals surface area contributed by atoms with Crippen LogP contribution in [0.25, 0.3) is 0 Å². The topological polar surface area (TPSA) is 53.8 Å². The summed E-state index contributed by atoms with van der Waals surface area (Å²) in [7, 11) is 4.04. The smallest absolute Gasteiger partial charge is 0.261 e. The number of carbonyl (C=O) groups is 2. The van der Waals surface area contributed by atoms with E-state index >= 15 is 0 Å². The van der Waals surface area contributed by atoms with Crippen molar-refractivity contribution in [3.63, 3.8) is 0 Å². The summed E-state index contributed by atoms with van der Waals surface area (Å²) >= 11 is 1.81. The van der Waals surface area contributed by atoms with Crippen LogP contribution in [-0.4, -0.2) is 48.0 Å². The molecule has 0 saturated heterocycles. The predicted molar refractivity (Wildman–Crippen MR) is 103 cm³/mol. The Hall–Kier alpha value is -2.05. The number of rotatable bonds is 9. The van der Waals surface area contributed by atoms with Gasteiger partial charge in [0.25, 0.3) is 11.8 Å². The van der Waals surface area contributed by atoms with E-state index in [-0.39, 0.29) is 11.8 Å². The van der Waals surface area contributed by atoms with Gasteiger partial charge in [0.2, 0.25) is 0 Å². The minimum atomic E-state index is -0.165. The van der Waals surface area contributed by atoms with E-state index in [1.807, 2.05) is 38.0 Å². The standard InChI is InChI=1S/C20H24N2O3S/c1-21(2)13-15-9-10-16(25-15)14-26-12-6-5-11-22-19(23)17-7-3-4-8-18(17)20(22)24/h3-4,7-10H,5-6,11-14H2,1-2H3. The fourth-order valence-electron chi connectivity index (χ4n) is 2.99. The normalized spacial score (nSPS) is 13.7.